The zero-order chi connectivity index (χ0) is 20.5. The van der Waals surface area contributed by atoms with E-state index in [1.54, 1.807) is 30.2 Å². The molecule has 3 aromatic rings. The highest BCUT2D eigenvalue weighted by Gasteiger charge is 2.25. The van der Waals surface area contributed by atoms with Crippen molar-refractivity contribution < 1.29 is 19.0 Å². The van der Waals surface area contributed by atoms with Crippen LogP contribution in [0.25, 0.3) is 10.2 Å². The molecular formula is C21H24ClN3O4S. The number of fused-ring (bicyclic) bond motifs is 2. The van der Waals surface area contributed by atoms with Gasteiger partial charge in [-0.1, -0.05) is 17.4 Å². The summed E-state index contributed by atoms with van der Waals surface area (Å²) in [6.45, 7) is 3.44. The number of hydrogen-bond acceptors (Lipinski definition) is 7. The molecule has 2 heterocycles. The minimum absolute atomic E-state index is 0. The van der Waals surface area contributed by atoms with Gasteiger partial charge in [-0.15, -0.1) is 12.4 Å². The number of carbonyl (C=O) groups excluding carboxylic acids is 1. The van der Waals surface area contributed by atoms with Gasteiger partial charge in [0.25, 0.3) is 5.91 Å². The van der Waals surface area contributed by atoms with E-state index < -0.39 is 0 Å². The molecule has 0 saturated carbocycles. The van der Waals surface area contributed by atoms with Crippen LogP contribution in [0.4, 0.5) is 5.13 Å². The van der Waals surface area contributed by atoms with Gasteiger partial charge in [0.05, 0.1) is 11.8 Å². The van der Waals surface area contributed by atoms with E-state index in [2.05, 4.69) is 0 Å². The van der Waals surface area contributed by atoms with Crippen molar-refractivity contribution in [2.24, 2.45) is 0 Å². The van der Waals surface area contributed by atoms with Crippen molar-refractivity contribution in [3.63, 3.8) is 0 Å². The average Bonchev–Trinajstić information content (AvgIpc) is 3.35. The topological polar surface area (TPSA) is 64.1 Å². The lowest BCUT2D eigenvalue weighted by Gasteiger charge is -2.22. The number of thiazole rings is 1. The first-order valence-corrected chi connectivity index (χ1v) is 10.1. The molecule has 1 aromatic heterocycles. The molecule has 0 radical (unpaired) electrons. The van der Waals surface area contributed by atoms with Gasteiger partial charge < -0.3 is 19.1 Å². The fourth-order valence-corrected chi connectivity index (χ4v) is 4.22. The number of rotatable bonds is 6. The maximum atomic E-state index is 13.4. The molecule has 1 aliphatic heterocycles. The van der Waals surface area contributed by atoms with Gasteiger partial charge in [-0.2, -0.15) is 0 Å². The quantitative estimate of drug-likeness (QED) is 0.567. The van der Waals surface area contributed by atoms with Crippen LogP contribution in [-0.2, 0) is 0 Å². The second-order valence-electron chi connectivity index (χ2n) is 7.09. The highest BCUT2D eigenvalue weighted by atomic mass is 35.5. The van der Waals surface area contributed by atoms with E-state index in [-0.39, 0.29) is 25.1 Å². The van der Waals surface area contributed by atoms with E-state index in [1.165, 1.54) is 11.3 Å². The van der Waals surface area contributed by atoms with Gasteiger partial charge >= 0.3 is 0 Å². The van der Waals surface area contributed by atoms with Crippen LogP contribution in [0.15, 0.2) is 30.3 Å². The van der Waals surface area contributed by atoms with E-state index in [0.29, 0.717) is 41.0 Å². The molecule has 2 aromatic carbocycles. The molecule has 160 valence electrons. The van der Waals surface area contributed by atoms with Crippen molar-refractivity contribution in [1.29, 1.82) is 0 Å². The minimum atomic E-state index is -0.124. The number of benzene rings is 2. The van der Waals surface area contributed by atoms with Crippen LogP contribution in [0.3, 0.4) is 0 Å². The van der Waals surface area contributed by atoms with E-state index in [4.69, 9.17) is 19.2 Å². The molecule has 30 heavy (non-hydrogen) atoms. The number of halogens is 1. The monoisotopic (exact) mass is 449 g/mol. The summed E-state index contributed by atoms with van der Waals surface area (Å²) in [6, 6.07) is 9.17. The number of amides is 1. The van der Waals surface area contributed by atoms with Gasteiger partial charge in [0.1, 0.15) is 11.3 Å². The molecule has 1 aliphatic rings. The molecule has 0 fully saturated rings. The summed E-state index contributed by atoms with van der Waals surface area (Å²) in [5.41, 5.74) is 2.42. The van der Waals surface area contributed by atoms with Crippen molar-refractivity contribution in [3.8, 4) is 17.2 Å². The first-order valence-electron chi connectivity index (χ1n) is 9.28. The Kier molecular flexibility index (Phi) is 6.70. The van der Waals surface area contributed by atoms with Gasteiger partial charge in [0.2, 0.25) is 6.79 Å². The average molecular weight is 450 g/mol. The van der Waals surface area contributed by atoms with E-state index >= 15 is 0 Å². The van der Waals surface area contributed by atoms with Gasteiger partial charge in [0.15, 0.2) is 16.6 Å². The lowest BCUT2D eigenvalue weighted by Crippen LogP contribution is -2.36. The molecule has 0 aliphatic carbocycles. The molecule has 0 N–H and O–H groups in total. The Hall–Kier alpha value is -2.55. The lowest BCUT2D eigenvalue weighted by atomic mass is 10.2. The maximum absolute atomic E-state index is 13.4. The van der Waals surface area contributed by atoms with Crippen molar-refractivity contribution >= 4 is 45.0 Å². The Morgan fingerprint density at radius 2 is 1.93 bits per heavy atom. The summed E-state index contributed by atoms with van der Waals surface area (Å²) in [7, 11) is 5.59. The third-order valence-corrected chi connectivity index (χ3v) is 5.99. The first-order chi connectivity index (χ1) is 14.0. The number of anilines is 1. The van der Waals surface area contributed by atoms with Gasteiger partial charge in [-0.25, -0.2) is 4.98 Å². The number of ether oxygens (including phenoxy) is 3. The number of aryl methyl sites for hydroxylation is 1. The van der Waals surface area contributed by atoms with Gasteiger partial charge in [-0.3, -0.25) is 9.69 Å². The predicted octanol–water partition coefficient (Wildman–Crippen LogP) is 3.97. The van der Waals surface area contributed by atoms with Crippen LogP contribution in [0.5, 0.6) is 17.2 Å². The molecule has 4 rings (SSSR count). The van der Waals surface area contributed by atoms with Crippen LogP contribution in [0, 0.1) is 6.92 Å². The van der Waals surface area contributed by atoms with Crippen LogP contribution < -0.4 is 19.1 Å². The minimum Gasteiger partial charge on any atom is -0.494 e. The number of methoxy groups -OCH3 is 1. The Balaban J connectivity index is 0.00000256. The smallest absolute Gasteiger partial charge is 0.260 e. The summed E-state index contributed by atoms with van der Waals surface area (Å²) in [5, 5.41) is 0.650. The van der Waals surface area contributed by atoms with E-state index in [0.717, 1.165) is 15.8 Å². The number of carbonyl (C=O) groups is 1. The molecular weight excluding hydrogens is 426 g/mol. The Labute approximate surface area is 185 Å². The molecule has 7 nitrogen and oxygen atoms in total. The van der Waals surface area contributed by atoms with Crippen molar-refractivity contribution in [2.75, 3.05) is 46.0 Å². The standard InChI is InChI=1S/C21H23N3O4S.ClH/c1-13-5-7-16(26-4)18-19(13)29-21(22-18)24(10-9-23(2)3)20(25)14-6-8-15-17(11-14)28-12-27-15;/h5-8,11H,9-10,12H2,1-4H3;1H. The third kappa shape index (κ3) is 4.16. The Morgan fingerprint density at radius 1 is 1.17 bits per heavy atom. The summed E-state index contributed by atoms with van der Waals surface area (Å²) >= 11 is 1.50. The summed E-state index contributed by atoms with van der Waals surface area (Å²) in [5.74, 6) is 1.82. The second kappa shape index (κ2) is 9.07. The normalized spacial score (nSPS) is 12.2. The third-order valence-electron chi connectivity index (χ3n) is 4.78. The van der Waals surface area contributed by atoms with Crippen molar-refractivity contribution in [2.45, 2.75) is 6.92 Å². The van der Waals surface area contributed by atoms with Gasteiger partial charge in [-0.05, 0) is 50.8 Å². The SMILES string of the molecule is COc1ccc(C)c2sc(N(CCN(C)C)C(=O)c3ccc4c(c3)OCO4)nc12.Cl. The number of hydrogen-bond donors (Lipinski definition) is 0. The lowest BCUT2D eigenvalue weighted by molar-refractivity contribution is 0.0984. The number of nitrogens with zero attached hydrogens (tertiary/aromatic N) is 3. The Bertz CT molecular complexity index is 1070. The van der Waals surface area contributed by atoms with Crippen molar-refractivity contribution in [3.05, 3.63) is 41.5 Å². The maximum Gasteiger partial charge on any atom is 0.260 e. The van der Waals surface area contributed by atoms with E-state index in [1.807, 2.05) is 38.1 Å². The Morgan fingerprint density at radius 3 is 2.67 bits per heavy atom. The molecule has 0 atom stereocenters. The van der Waals surface area contributed by atoms with Crippen LogP contribution in [0.1, 0.15) is 15.9 Å². The van der Waals surface area contributed by atoms with E-state index in [9.17, 15) is 4.79 Å². The molecule has 0 unspecified atom stereocenters. The van der Waals surface area contributed by atoms with Crippen LogP contribution in [0.2, 0.25) is 0 Å². The second-order valence-corrected chi connectivity index (χ2v) is 8.06. The molecule has 0 saturated heterocycles. The molecule has 0 spiro atoms. The van der Waals surface area contributed by atoms with Crippen LogP contribution >= 0.6 is 23.7 Å². The fourth-order valence-electron chi connectivity index (χ4n) is 3.15. The highest BCUT2D eigenvalue weighted by Crippen LogP contribution is 2.38. The largest absolute Gasteiger partial charge is 0.494 e. The number of aromatic nitrogens is 1. The van der Waals surface area contributed by atoms with Crippen molar-refractivity contribution in [1.82, 2.24) is 9.88 Å². The highest BCUT2D eigenvalue weighted by molar-refractivity contribution is 7.22. The summed E-state index contributed by atoms with van der Waals surface area (Å²) < 4.78 is 17.3. The summed E-state index contributed by atoms with van der Waals surface area (Å²) in [6.07, 6.45) is 0. The fraction of sp³-hybridized carbons (Fsp3) is 0.333. The van der Waals surface area contributed by atoms with Crippen LogP contribution in [-0.4, -0.2) is 56.9 Å². The molecule has 1 amide bonds. The number of likely N-dealkylation sites (N-methyl/N-ethyl adjacent to an activating group) is 1. The first kappa shape index (κ1) is 22.1. The summed E-state index contributed by atoms with van der Waals surface area (Å²) in [4.78, 5) is 22.0. The predicted molar refractivity (Wildman–Crippen MR) is 121 cm³/mol. The molecule has 0 bridgehead atoms. The zero-order valence-corrected chi connectivity index (χ0v) is 18.9. The zero-order valence-electron chi connectivity index (χ0n) is 17.3. The molecule has 9 heteroatoms. The van der Waals surface area contributed by atoms with Gasteiger partial charge in [0, 0.05) is 18.7 Å².